The topological polar surface area (TPSA) is 9.23 Å². The van der Waals surface area contributed by atoms with Gasteiger partial charge in [-0.05, 0) is 32.3 Å². The van der Waals surface area contributed by atoms with Crippen LogP contribution in [-0.4, -0.2) is 6.61 Å². The zero-order valence-electron chi connectivity index (χ0n) is 12.0. The van der Waals surface area contributed by atoms with Crippen LogP contribution in [0.4, 0.5) is 0 Å². The van der Waals surface area contributed by atoms with Gasteiger partial charge in [-0.2, -0.15) is 0 Å². The molecule has 0 aliphatic carbocycles. The molecule has 0 amide bonds. The number of allylic oxidation sites excluding steroid dienone is 1. The van der Waals surface area contributed by atoms with E-state index in [1.807, 2.05) is 13.0 Å². The number of hydrogen-bond donors (Lipinski definition) is 0. The van der Waals surface area contributed by atoms with Crippen LogP contribution in [0.2, 0.25) is 0 Å². The Hall–Kier alpha value is -1.08. The predicted octanol–water partition coefficient (Wildman–Crippen LogP) is 5.07. The fourth-order valence-corrected chi connectivity index (χ4v) is 2.12. The Kier molecular flexibility index (Phi) is 6.74. The molecule has 1 nitrogen and oxygen atoms in total. The second-order valence-electron chi connectivity index (χ2n) is 4.80. The first-order chi connectivity index (χ1) is 8.73. The molecule has 1 atom stereocenters. The molecule has 1 heteroatoms. The fraction of sp³-hybridized carbons (Fsp3) is 0.529. The van der Waals surface area contributed by atoms with E-state index in [1.54, 1.807) is 0 Å². The van der Waals surface area contributed by atoms with Gasteiger partial charge in [0, 0.05) is 6.61 Å². The third-order valence-corrected chi connectivity index (χ3v) is 3.20. The van der Waals surface area contributed by atoms with Gasteiger partial charge in [0.25, 0.3) is 0 Å². The number of benzene rings is 1. The van der Waals surface area contributed by atoms with Gasteiger partial charge in [0.2, 0.25) is 0 Å². The van der Waals surface area contributed by atoms with Crippen LogP contribution in [0.1, 0.15) is 52.0 Å². The molecule has 0 bridgehead atoms. The van der Waals surface area contributed by atoms with Crippen molar-refractivity contribution in [3.8, 4) is 0 Å². The molecule has 1 rings (SSSR count). The number of unbranched alkanes of at least 4 members (excludes halogenated alkanes) is 3. The van der Waals surface area contributed by atoms with Crippen LogP contribution in [-0.2, 0) is 10.3 Å². The monoisotopic (exact) mass is 246 g/mol. The highest BCUT2D eigenvalue weighted by atomic mass is 16.5. The van der Waals surface area contributed by atoms with Crippen molar-refractivity contribution in [3.63, 3.8) is 0 Å². The van der Waals surface area contributed by atoms with Crippen molar-refractivity contribution >= 4 is 0 Å². The first-order valence-corrected chi connectivity index (χ1v) is 7.10. The Morgan fingerprint density at radius 2 is 1.83 bits per heavy atom. The first-order valence-electron chi connectivity index (χ1n) is 7.10. The lowest BCUT2D eigenvalue weighted by atomic mass is 9.94. The lowest BCUT2D eigenvalue weighted by Crippen LogP contribution is -2.23. The minimum Gasteiger partial charge on any atom is -0.367 e. The molecule has 0 saturated carbocycles. The van der Waals surface area contributed by atoms with Gasteiger partial charge >= 0.3 is 0 Å². The number of rotatable bonds is 8. The third-order valence-electron chi connectivity index (χ3n) is 3.20. The van der Waals surface area contributed by atoms with Crippen molar-refractivity contribution in [1.82, 2.24) is 0 Å². The largest absolute Gasteiger partial charge is 0.367 e. The molecular formula is C17H26O. The molecule has 1 aromatic carbocycles. The van der Waals surface area contributed by atoms with E-state index in [-0.39, 0.29) is 5.60 Å². The minimum absolute atomic E-state index is 0.289. The van der Waals surface area contributed by atoms with Crippen LogP contribution >= 0.6 is 0 Å². The number of ether oxygens (including phenoxy) is 1. The van der Waals surface area contributed by atoms with Gasteiger partial charge in [0.15, 0.2) is 0 Å². The standard InChI is InChI=1S/C17H26O/c1-4-6-7-8-12-15-17(3,18-5-2)16-13-10-9-11-14-16/h9-15H,4-8H2,1-3H3/b15-12+. The van der Waals surface area contributed by atoms with Crippen LogP contribution in [0, 0.1) is 0 Å². The van der Waals surface area contributed by atoms with Crippen molar-refractivity contribution in [2.75, 3.05) is 6.61 Å². The molecular weight excluding hydrogens is 220 g/mol. The van der Waals surface area contributed by atoms with Crippen LogP contribution in [0.3, 0.4) is 0 Å². The second kappa shape index (κ2) is 8.10. The zero-order valence-corrected chi connectivity index (χ0v) is 12.0. The summed E-state index contributed by atoms with van der Waals surface area (Å²) in [5.74, 6) is 0. The summed E-state index contributed by atoms with van der Waals surface area (Å²) in [5, 5.41) is 0. The highest BCUT2D eigenvalue weighted by Gasteiger charge is 2.22. The van der Waals surface area contributed by atoms with E-state index in [9.17, 15) is 0 Å². The molecule has 100 valence electrons. The van der Waals surface area contributed by atoms with Crippen LogP contribution in [0.25, 0.3) is 0 Å². The van der Waals surface area contributed by atoms with Crippen LogP contribution in [0.15, 0.2) is 42.5 Å². The van der Waals surface area contributed by atoms with Gasteiger partial charge in [-0.15, -0.1) is 0 Å². The highest BCUT2D eigenvalue weighted by molar-refractivity contribution is 5.26. The highest BCUT2D eigenvalue weighted by Crippen LogP contribution is 2.27. The molecule has 1 aromatic rings. The summed E-state index contributed by atoms with van der Waals surface area (Å²) in [4.78, 5) is 0. The second-order valence-corrected chi connectivity index (χ2v) is 4.80. The lowest BCUT2D eigenvalue weighted by molar-refractivity contribution is 0.0102. The molecule has 0 fully saturated rings. The maximum Gasteiger partial charge on any atom is 0.108 e. The Bertz CT molecular complexity index is 342. The van der Waals surface area contributed by atoms with E-state index in [2.05, 4.69) is 50.3 Å². The van der Waals surface area contributed by atoms with E-state index >= 15 is 0 Å². The van der Waals surface area contributed by atoms with Crippen LogP contribution in [0.5, 0.6) is 0 Å². The normalized spacial score (nSPS) is 14.8. The Morgan fingerprint density at radius 3 is 2.44 bits per heavy atom. The van der Waals surface area contributed by atoms with Crippen molar-refractivity contribution in [2.24, 2.45) is 0 Å². The Morgan fingerprint density at radius 1 is 1.11 bits per heavy atom. The van der Waals surface area contributed by atoms with Gasteiger partial charge in [0.1, 0.15) is 5.60 Å². The SMILES string of the molecule is CCCCC/C=C/C(C)(OCC)c1ccccc1. The van der Waals surface area contributed by atoms with Crippen molar-refractivity contribution in [1.29, 1.82) is 0 Å². The Balaban J connectivity index is 2.68. The van der Waals surface area contributed by atoms with Crippen molar-refractivity contribution in [3.05, 3.63) is 48.0 Å². The summed E-state index contributed by atoms with van der Waals surface area (Å²) >= 11 is 0. The van der Waals surface area contributed by atoms with Gasteiger partial charge < -0.3 is 4.74 Å². The van der Waals surface area contributed by atoms with E-state index in [1.165, 1.54) is 24.8 Å². The fourth-order valence-electron chi connectivity index (χ4n) is 2.12. The molecule has 0 heterocycles. The molecule has 18 heavy (non-hydrogen) atoms. The molecule has 0 aliphatic heterocycles. The molecule has 0 aliphatic rings. The quantitative estimate of drug-likeness (QED) is 0.459. The zero-order chi connectivity index (χ0) is 13.3. The Labute approximate surface area is 112 Å². The van der Waals surface area contributed by atoms with Crippen molar-refractivity contribution in [2.45, 2.75) is 52.1 Å². The van der Waals surface area contributed by atoms with E-state index in [4.69, 9.17) is 4.74 Å². The van der Waals surface area contributed by atoms with Crippen LogP contribution < -0.4 is 0 Å². The molecule has 1 unspecified atom stereocenters. The molecule has 0 aromatic heterocycles. The van der Waals surface area contributed by atoms with Crippen molar-refractivity contribution < 1.29 is 4.74 Å². The van der Waals surface area contributed by atoms with E-state index in [0.717, 1.165) is 13.0 Å². The van der Waals surface area contributed by atoms with Gasteiger partial charge in [-0.1, -0.05) is 62.2 Å². The minimum atomic E-state index is -0.289. The maximum absolute atomic E-state index is 5.94. The maximum atomic E-state index is 5.94. The van der Waals surface area contributed by atoms with E-state index in [0.29, 0.717) is 0 Å². The van der Waals surface area contributed by atoms with Gasteiger partial charge in [0.05, 0.1) is 0 Å². The average Bonchev–Trinajstić information content (AvgIpc) is 2.40. The van der Waals surface area contributed by atoms with Gasteiger partial charge in [-0.25, -0.2) is 0 Å². The summed E-state index contributed by atoms with van der Waals surface area (Å²) < 4.78 is 5.94. The molecule has 0 N–H and O–H groups in total. The third kappa shape index (κ3) is 4.66. The number of hydrogen-bond acceptors (Lipinski definition) is 1. The summed E-state index contributed by atoms with van der Waals surface area (Å²) in [6.45, 7) is 7.15. The first kappa shape index (κ1) is 15.0. The summed E-state index contributed by atoms with van der Waals surface area (Å²) in [5.41, 5.74) is 0.931. The molecule has 0 spiro atoms. The average molecular weight is 246 g/mol. The summed E-state index contributed by atoms with van der Waals surface area (Å²) in [6, 6.07) is 10.4. The summed E-state index contributed by atoms with van der Waals surface area (Å²) in [7, 11) is 0. The molecule has 0 radical (unpaired) electrons. The summed E-state index contributed by atoms with van der Waals surface area (Å²) in [6.07, 6.45) is 9.46. The lowest BCUT2D eigenvalue weighted by Gasteiger charge is -2.26. The smallest absolute Gasteiger partial charge is 0.108 e. The van der Waals surface area contributed by atoms with E-state index < -0.39 is 0 Å². The van der Waals surface area contributed by atoms with Gasteiger partial charge in [-0.3, -0.25) is 0 Å². The molecule has 0 saturated heterocycles. The predicted molar refractivity (Wildman–Crippen MR) is 78.7 cm³/mol.